The third-order valence-electron chi connectivity index (χ3n) is 3.04. The lowest BCUT2D eigenvalue weighted by Crippen LogP contribution is -2.47. The second kappa shape index (κ2) is 6.74. The minimum atomic E-state index is 0.136. The molecule has 0 aliphatic carbocycles. The average molecular weight is 240 g/mol. The summed E-state index contributed by atoms with van der Waals surface area (Å²) in [5.74, 6) is 6.05. The first-order chi connectivity index (χ1) is 8.08. The van der Waals surface area contributed by atoms with Crippen LogP contribution in [-0.4, -0.2) is 29.0 Å². The lowest BCUT2D eigenvalue weighted by atomic mass is 9.95. The molecule has 1 aromatic rings. The number of hydrogen-bond donors (Lipinski definition) is 2. The molecule has 3 N–H and O–H groups in total. The van der Waals surface area contributed by atoms with Crippen molar-refractivity contribution in [2.75, 3.05) is 7.11 Å². The molecular formula is C12H24N4O. The molecular weight excluding hydrogens is 216 g/mol. The maximum Gasteiger partial charge on any atom is 0.0760 e. The van der Waals surface area contributed by atoms with Crippen molar-refractivity contribution in [2.45, 2.75) is 38.8 Å². The van der Waals surface area contributed by atoms with Gasteiger partial charge >= 0.3 is 0 Å². The van der Waals surface area contributed by atoms with E-state index in [1.165, 1.54) is 5.56 Å². The van der Waals surface area contributed by atoms with Gasteiger partial charge in [-0.2, -0.15) is 5.10 Å². The van der Waals surface area contributed by atoms with E-state index >= 15 is 0 Å². The molecule has 98 valence electrons. The van der Waals surface area contributed by atoms with Crippen molar-refractivity contribution in [3.8, 4) is 0 Å². The third-order valence-corrected chi connectivity index (χ3v) is 3.04. The second-order valence-corrected chi connectivity index (χ2v) is 4.78. The Kier molecular flexibility index (Phi) is 5.61. The standard InChI is InChI=1S/C12H24N4O/c1-9(2)12(17-4)11(15-13)6-5-10-7-14-16(3)8-10/h7-9,11-12,15H,5-6,13H2,1-4H3. The van der Waals surface area contributed by atoms with Crippen LogP contribution in [0.1, 0.15) is 25.8 Å². The van der Waals surface area contributed by atoms with Crippen LogP contribution in [0.3, 0.4) is 0 Å². The monoisotopic (exact) mass is 240 g/mol. The summed E-state index contributed by atoms with van der Waals surface area (Å²) in [5.41, 5.74) is 4.09. The van der Waals surface area contributed by atoms with Crippen molar-refractivity contribution in [3.05, 3.63) is 18.0 Å². The summed E-state index contributed by atoms with van der Waals surface area (Å²) in [4.78, 5) is 0. The largest absolute Gasteiger partial charge is 0.380 e. The van der Waals surface area contributed by atoms with Crippen molar-refractivity contribution in [1.29, 1.82) is 0 Å². The lowest BCUT2D eigenvalue weighted by Gasteiger charge is -2.28. The molecule has 1 rings (SSSR count). The van der Waals surface area contributed by atoms with Crippen molar-refractivity contribution in [3.63, 3.8) is 0 Å². The molecule has 0 amide bonds. The van der Waals surface area contributed by atoms with E-state index in [-0.39, 0.29) is 12.1 Å². The molecule has 2 atom stereocenters. The van der Waals surface area contributed by atoms with Gasteiger partial charge in [-0.15, -0.1) is 0 Å². The summed E-state index contributed by atoms with van der Waals surface area (Å²) in [6, 6.07) is 0.167. The Labute approximate surface area is 103 Å². The van der Waals surface area contributed by atoms with Crippen molar-refractivity contribution in [2.24, 2.45) is 18.8 Å². The first-order valence-electron chi connectivity index (χ1n) is 6.05. The summed E-state index contributed by atoms with van der Waals surface area (Å²) in [7, 11) is 3.66. The molecule has 5 heteroatoms. The van der Waals surface area contributed by atoms with E-state index in [2.05, 4.69) is 24.4 Å². The van der Waals surface area contributed by atoms with Gasteiger partial charge in [-0.25, -0.2) is 0 Å². The van der Waals surface area contributed by atoms with Crippen LogP contribution in [0.5, 0.6) is 0 Å². The van der Waals surface area contributed by atoms with Gasteiger partial charge in [-0.3, -0.25) is 16.0 Å². The number of hydrogen-bond acceptors (Lipinski definition) is 4. The molecule has 2 unspecified atom stereocenters. The number of nitrogens with two attached hydrogens (primary N) is 1. The fourth-order valence-electron chi connectivity index (χ4n) is 2.17. The van der Waals surface area contributed by atoms with Crippen molar-refractivity contribution < 1.29 is 4.74 Å². The molecule has 1 aromatic heterocycles. The molecule has 1 heterocycles. The summed E-state index contributed by atoms with van der Waals surface area (Å²) in [5, 5.41) is 4.15. The number of rotatable bonds is 7. The quantitative estimate of drug-likeness (QED) is 0.548. The van der Waals surface area contributed by atoms with Gasteiger partial charge in [0.2, 0.25) is 0 Å². The van der Waals surface area contributed by atoms with Crippen LogP contribution in [0.25, 0.3) is 0 Å². The van der Waals surface area contributed by atoms with E-state index < -0.39 is 0 Å². The van der Waals surface area contributed by atoms with Gasteiger partial charge in [0.05, 0.1) is 12.3 Å². The topological polar surface area (TPSA) is 65.1 Å². The Hall–Kier alpha value is -0.910. The molecule has 0 fully saturated rings. The number of ether oxygens (including phenoxy) is 1. The van der Waals surface area contributed by atoms with Gasteiger partial charge in [0.15, 0.2) is 0 Å². The molecule has 0 radical (unpaired) electrons. The van der Waals surface area contributed by atoms with Crippen molar-refractivity contribution in [1.82, 2.24) is 15.2 Å². The second-order valence-electron chi connectivity index (χ2n) is 4.78. The van der Waals surface area contributed by atoms with E-state index in [0.717, 1.165) is 12.8 Å². The first kappa shape index (κ1) is 14.2. The normalized spacial score (nSPS) is 15.2. The summed E-state index contributed by atoms with van der Waals surface area (Å²) >= 11 is 0. The van der Waals surface area contributed by atoms with Gasteiger partial charge < -0.3 is 4.74 Å². The molecule has 17 heavy (non-hydrogen) atoms. The Bertz CT molecular complexity index is 324. The molecule has 0 spiro atoms. The zero-order valence-electron chi connectivity index (χ0n) is 11.2. The molecule has 0 aliphatic heterocycles. The van der Waals surface area contributed by atoms with Crippen LogP contribution in [0.15, 0.2) is 12.4 Å². The Balaban J connectivity index is 2.51. The fourth-order valence-corrected chi connectivity index (χ4v) is 2.17. The molecule has 0 aliphatic rings. The Morgan fingerprint density at radius 1 is 1.53 bits per heavy atom. The highest BCUT2D eigenvalue weighted by atomic mass is 16.5. The van der Waals surface area contributed by atoms with Gasteiger partial charge in [0.25, 0.3) is 0 Å². The predicted molar refractivity (Wildman–Crippen MR) is 68.3 cm³/mol. The summed E-state index contributed by atoms with van der Waals surface area (Å²) < 4.78 is 7.31. The summed E-state index contributed by atoms with van der Waals surface area (Å²) in [6.45, 7) is 4.28. The third kappa shape index (κ3) is 4.11. The number of nitrogens with one attached hydrogen (secondary N) is 1. The SMILES string of the molecule is COC(C(C)C)C(CCc1cnn(C)c1)NN. The predicted octanol–water partition coefficient (Wildman–Crippen LogP) is 0.856. The van der Waals surface area contributed by atoms with Gasteiger partial charge in [0.1, 0.15) is 0 Å². The summed E-state index contributed by atoms with van der Waals surface area (Å²) in [6.07, 6.45) is 5.96. The van der Waals surface area contributed by atoms with Crippen LogP contribution in [0.4, 0.5) is 0 Å². The zero-order chi connectivity index (χ0) is 12.8. The van der Waals surface area contributed by atoms with Crippen LogP contribution in [0, 0.1) is 5.92 Å². The first-order valence-corrected chi connectivity index (χ1v) is 6.05. The molecule has 0 aromatic carbocycles. The highest BCUT2D eigenvalue weighted by Gasteiger charge is 2.23. The molecule has 0 saturated carbocycles. The van der Waals surface area contributed by atoms with Crippen LogP contribution >= 0.6 is 0 Å². The van der Waals surface area contributed by atoms with E-state index in [9.17, 15) is 0 Å². The van der Waals surface area contributed by atoms with Gasteiger partial charge in [-0.05, 0) is 24.3 Å². The fraction of sp³-hybridized carbons (Fsp3) is 0.750. The minimum absolute atomic E-state index is 0.136. The van der Waals surface area contributed by atoms with Crippen LogP contribution < -0.4 is 11.3 Å². The molecule has 5 nitrogen and oxygen atoms in total. The zero-order valence-corrected chi connectivity index (χ0v) is 11.2. The van der Waals surface area contributed by atoms with E-state index in [1.807, 2.05) is 24.1 Å². The van der Waals surface area contributed by atoms with Crippen LogP contribution in [0.2, 0.25) is 0 Å². The van der Waals surface area contributed by atoms with E-state index in [4.69, 9.17) is 10.6 Å². The average Bonchev–Trinajstić information content (AvgIpc) is 2.69. The maximum atomic E-state index is 5.61. The Morgan fingerprint density at radius 3 is 2.65 bits per heavy atom. The smallest absolute Gasteiger partial charge is 0.0760 e. The Morgan fingerprint density at radius 2 is 2.24 bits per heavy atom. The number of aromatic nitrogens is 2. The van der Waals surface area contributed by atoms with Gasteiger partial charge in [-0.1, -0.05) is 13.8 Å². The number of methoxy groups -OCH3 is 1. The highest BCUT2D eigenvalue weighted by Crippen LogP contribution is 2.14. The highest BCUT2D eigenvalue weighted by molar-refractivity contribution is 5.04. The number of nitrogens with zero attached hydrogens (tertiary/aromatic N) is 2. The number of hydrazine groups is 1. The van der Waals surface area contributed by atoms with Gasteiger partial charge in [0, 0.05) is 26.4 Å². The van der Waals surface area contributed by atoms with Crippen LogP contribution in [-0.2, 0) is 18.2 Å². The molecule has 0 saturated heterocycles. The van der Waals surface area contributed by atoms with E-state index in [1.54, 1.807) is 7.11 Å². The minimum Gasteiger partial charge on any atom is -0.380 e. The molecule has 0 bridgehead atoms. The van der Waals surface area contributed by atoms with E-state index in [0.29, 0.717) is 5.92 Å². The van der Waals surface area contributed by atoms with Crippen molar-refractivity contribution >= 4 is 0 Å². The number of aryl methyl sites for hydroxylation is 2. The maximum absolute atomic E-state index is 5.61. The lowest BCUT2D eigenvalue weighted by molar-refractivity contribution is 0.0308.